The van der Waals surface area contributed by atoms with Crippen LogP contribution in [0.5, 0.6) is 0 Å². The monoisotopic (exact) mass is 454 g/mol. The summed E-state index contributed by atoms with van der Waals surface area (Å²) in [5, 5.41) is 14.4. The van der Waals surface area contributed by atoms with E-state index in [1.807, 2.05) is 0 Å². The average Bonchev–Trinajstić information content (AvgIpc) is 3.35. The van der Waals surface area contributed by atoms with E-state index in [1.165, 1.54) is 18.2 Å². The van der Waals surface area contributed by atoms with E-state index in [0.717, 1.165) is 36.4 Å². The Morgan fingerprint density at radius 1 is 1.21 bits per heavy atom. The predicted octanol–water partition coefficient (Wildman–Crippen LogP) is 2.90. The normalized spacial score (nSPS) is 24.2. The molecule has 1 amide bonds. The van der Waals surface area contributed by atoms with Gasteiger partial charge in [0.25, 0.3) is 5.69 Å². The second-order valence-corrected chi connectivity index (χ2v) is 8.94. The van der Waals surface area contributed by atoms with Crippen molar-refractivity contribution in [2.45, 2.75) is 31.4 Å². The minimum Gasteiger partial charge on any atom is -0.376 e. The highest BCUT2D eigenvalue weighted by atomic mass is 19.1. The SMILES string of the molecule is O=C(NC[C@@H]1CCCO1)[C@@H]1Cc2cc([N+](=O)[O-])ccc2N2CCN(c3ccc(F)cc3)C[C@H]12. The van der Waals surface area contributed by atoms with Crippen LogP contribution in [0.1, 0.15) is 18.4 Å². The Labute approximate surface area is 191 Å². The van der Waals surface area contributed by atoms with E-state index in [9.17, 15) is 19.3 Å². The van der Waals surface area contributed by atoms with Crippen molar-refractivity contribution >= 4 is 23.0 Å². The molecule has 2 saturated heterocycles. The van der Waals surface area contributed by atoms with Crippen LogP contribution in [-0.2, 0) is 16.0 Å². The Balaban J connectivity index is 1.41. The molecule has 1 N–H and O–H groups in total. The van der Waals surface area contributed by atoms with Gasteiger partial charge in [0.1, 0.15) is 5.82 Å². The maximum Gasteiger partial charge on any atom is 0.269 e. The van der Waals surface area contributed by atoms with Crippen LogP contribution in [0.15, 0.2) is 42.5 Å². The van der Waals surface area contributed by atoms with Crippen LogP contribution >= 0.6 is 0 Å². The molecule has 3 aliphatic heterocycles. The van der Waals surface area contributed by atoms with Gasteiger partial charge in [-0.15, -0.1) is 0 Å². The molecule has 0 aromatic heterocycles. The summed E-state index contributed by atoms with van der Waals surface area (Å²) in [6, 6.07) is 11.2. The average molecular weight is 455 g/mol. The summed E-state index contributed by atoms with van der Waals surface area (Å²) in [7, 11) is 0. The zero-order chi connectivity index (χ0) is 22.9. The first kappa shape index (κ1) is 21.6. The fraction of sp³-hybridized carbons (Fsp3) is 0.458. The van der Waals surface area contributed by atoms with Gasteiger partial charge in [-0.2, -0.15) is 0 Å². The van der Waals surface area contributed by atoms with Crippen LogP contribution in [-0.4, -0.2) is 55.8 Å². The van der Waals surface area contributed by atoms with Crippen LogP contribution < -0.4 is 15.1 Å². The Morgan fingerprint density at radius 2 is 2.03 bits per heavy atom. The number of benzene rings is 2. The quantitative estimate of drug-likeness (QED) is 0.552. The van der Waals surface area contributed by atoms with Gasteiger partial charge >= 0.3 is 0 Å². The highest BCUT2D eigenvalue weighted by Gasteiger charge is 2.42. The number of halogens is 1. The first-order chi connectivity index (χ1) is 16.0. The number of non-ortho nitro benzene ring substituents is 1. The molecule has 3 heterocycles. The van der Waals surface area contributed by atoms with Gasteiger partial charge in [-0.25, -0.2) is 4.39 Å². The molecule has 0 spiro atoms. The maximum absolute atomic E-state index is 13.4. The zero-order valence-corrected chi connectivity index (χ0v) is 18.3. The molecule has 0 aliphatic carbocycles. The molecule has 2 aromatic carbocycles. The lowest BCUT2D eigenvalue weighted by Crippen LogP contribution is -2.61. The summed E-state index contributed by atoms with van der Waals surface area (Å²) in [5.74, 6) is -0.695. The molecule has 9 heteroatoms. The summed E-state index contributed by atoms with van der Waals surface area (Å²) >= 11 is 0. The maximum atomic E-state index is 13.4. The number of nitrogens with one attached hydrogen (secondary N) is 1. The standard InChI is InChI=1S/C24H27FN4O4/c25-17-3-5-18(6-4-17)27-9-10-28-22-8-7-19(29(31)32)12-16(22)13-21(23(28)15-27)24(30)26-14-20-2-1-11-33-20/h3-8,12,20-21,23H,1-2,9-11,13-15H2,(H,26,30)/t20-,21+,23+/m0/s1. The highest BCUT2D eigenvalue weighted by Crippen LogP contribution is 2.38. The van der Waals surface area contributed by atoms with E-state index < -0.39 is 4.92 Å². The number of hydrogen-bond donors (Lipinski definition) is 1. The van der Waals surface area contributed by atoms with Crippen molar-refractivity contribution in [3.8, 4) is 0 Å². The fourth-order valence-corrected chi connectivity index (χ4v) is 5.26. The number of nitro groups is 1. The lowest BCUT2D eigenvalue weighted by Gasteiger charge is -2.49. The summed E-state index contributed by atoms with van der Waals surface area (Å²) in [5.41, 5.74) is 2.74. The van der Waals surface area contributed by atoms with E-state index in [1.54, 1.807) is 24.3 Å². The van der Waals surface area contributed by atoms with Crippen LogP contribution in [0.25, 0.3) is 0 Å². The van der Waals surface area contributed by atoms with E-state index in [2.05, 4.69) is 15.1 Å². The molecule has 33 heavy (non-hydrogen) atoms. The number of amides is 1. The van der Waals surface area contributed by atoms with Gasteiger partial charge in [0.05, 0.1) is 23.0 Å². The number of nitro benzene ring substituents is 1. The molecule has 0 radical (unpaired) electrons. The molecule has 0 unspecified atom stereocenters. The second-order valence-electron chi connectivity index (χ2n) is 8.94. The van der Waals surface area contributed by atoms with Crippen LogP contribution in [0.4, 0.5) is 21.5 Å². The molecule has 3 aliphatic rings. The van der Waals surface area contributed by atoms with Gasteiger partial charge < -0.3 is 19.9 Å². The van der Waals surface area contributed by atoms with Gasteiger partial charge in [0.15, 0.2) is 0 Å². The summed E-state index contributed by atoms with van der Waals surface area (Å²) in [6.45, 7) is 3.20. The number of anilines is 2. The number of piperazine rings is 1. The molecule has 2 fully saturated rings. The van der Waals surface area contributed by atoms with Crippen molar-refractivity contribution < 1.29 is 18.8 Å². The van der Waals surface area contributed by atoms with Crippen molar-refractivity contribution in [2.75, 3.05) is 42.6 Å². The van der Waals surface area contributed by atoms with Crippen molar-refractivity contribution in [1.29, 1.82) is 0 Å². The number of carbonyl (C=O) groups is 1. The number of fused-ring (bicyclic) bond motifs is 3. The number of carbonyl (C=O) groups excluding carboxylic acids is 1. The van der Waals surface area contributed by atoms with E-state index in [-0.39, 0.29) is 35.5 Å². The minimum absolute atomic E-state index is 0.0376. The Morgan fingerprint density at radius 3 is 2.76 bits per heavy atom. The molecule has 2 aromatic rings. The molecule has 5 rings (SSSR count). The van der Waals surface area contributed by atoms with Gasteiger partial charge in [0, 0.05) is 56.3 Å². The van der Waals surface area contributed by atoms with E-state index in [0.29, 0.717) is 32.6 Å². The number of rotatable bonds is 5. The Kier molecular flexibility index (Phi) is 5.88. The fourth-order valence-electron chi connectivity index (χ4n) is 5.26. The molecule has 0 saturated carbocycles. The van der Waals surface area contributed by atoms with E-state index >= 15 is 0 Å². The summed E-state index contributed by atoms with van der Waals surface area (Å²) in [6.07, 6.45) is 2.43. The first-order valence-corrected chi connectivity index (χ1v) is 11.4. The van der Waals surface area contributed by atoms with E-state index in [4.69, 9.17) is 4.74 Å². The topological polar surface area (TPSA) is 87.9 Å². The highest BCUT2D eigenvalue weighted by molar-refractivity contribution is 5.82. The molecular formula is C24H27FN4O4. The first-order valence-electron chi connectivity index (χ1n) is 11.4. The van der Waals surface area contributed by atoms with Crippen molar-refractivity contribution in [3.63, 3.8) is 0 Å². The molecule has 174 valence electrons. The Hall–Kier alpha value is -3.20. The third-order valence-electron chi connectivity index (χ3n) is 6.96. The van der Waals surface area contributed by atoms with Gasteiger partial charge in [-0.05, 0) is 55.2 Å². The molecule has 0 bridgehead atoms. The van der Waals surface area contributed by atoms with Crippen molar-refractivity contribution in [1.82, 2.24) is 5.32 Å². The van der Waals surface area contributed by atoms with Crippen LogP contribution in [0.2, 0.25) is 0 Å². The second kappa shape index (κ2) is 8.97. The summed E-state index contributed by atoms with van der Waals surface area (Å²) in [4.78, 5) is 28.6. The molecule has 8 nitrogen and oxygen atoms in total. The van der Waals surface area contributed by atoms with Gasteiger partial charge in [-0.3, -0.25) is 14.9 Å². The largest absolute Gasteiger partial charge is 0.376 e. The lowest BCUT2D eigenvalue weighted by atomic mass is 9.83. The third-order valence-corrected chi connectivity index (χ3v) is 6.96. The van der Waals surface area contributed by atoms with Crippen LogP contribution in [0.3, 0.4) is 0 Å². The third kappa shape index (κ3) is 4.37. The van der Waals surface area contributed by atoms with Gasteiger partial charge in [0.2, 0.25) is 5.91 Å². The smallest absolute Gasteiger partial charge is 0.269 e. The molecule has 3 atom stereocenters. The number of nitrogens with zero attached hydrogens (tertiary/aromatic N) is 3. The summed E-state index contributed by atoms with van der Waals surface area (Å²) < 4.78 is 19.1. The zero-order valence-electron chi connectivity index (χ0n) is 18.3. The lowest BCUT2D eigenvalue weighted by molar-refractivity contribution is -0.384. The number of ether oxygens (including phenoxy) is 1. The van der Waals surface area contributed by atoms with Gasteiger partial charge in [-0.1, -0.05) is 0 Å². The van der Waals surface area contributed by atoms with Crippen molar-refractivity contribution in [2.24, 2.45) is 5.92 Å². The van der Waals surface area contributed by atoms with Crippen LogP contribution in [0, 0.1) is 21.8 Å². The van der Waals surface area contributed by atoms with Crippen molar-refractivity contribution in [3.05, 3.63) is 64.0 Å². The predicted molar refractivity (Wildman–Crippen MR) is 122 cm³/mol. The minimum atomic E-state index is -0.397. The molecular weight excluding hydrogens is 427 g/mol. The Bertz CT molecular complexity index is 1040. The number of hydrogen-bond acceptors (Lipinski definition) is 6.